The SMILES string of the molecule is CCOC(=O)CC1CCOC12CCC(=O)C2. The molecule has 0 bridgehead atoms. The summed E-state index contributed by atoms with van der Waals surface area (Å²) in [5.74, 6) is 0.255. The van der Waals surface area contributed by atoms with Crippen molar-refractivity contribution in [3.63, 3.8) is 0 Å². The molecule has 16 heavy (non-hydrogen) atoms. The smallest absolute Gasteiger partial charge is 0.306 e. The lowest BCUT2D eigenvalue weighted by Gasteiger charge is -2.28. The Morgan fingerprint density at radius 2 is 2.44 bits per heavy atom. The molecule has 0 amide bonds. The Morgan fingerprint density at radius 1 is 1.62 bits per heavy atom. The first kappa shape index (κ1) is 11.6. The van der Waals surface area contributed by atoms with Crippen LogP contribution < -0.4 is 0 Å². The maximum Gasteiger partial charge on any atom is 0.306 e. The van der Waals surface area contributed by atoms with Gasteiger partial charge in [-0.3, -0.25) is 9.59 Å². The lowest BCUT2D eigenvalue weighted by Crippen LogP contribution is -2.34. The highest BCUT2D eigenvalue weighted by atomic mass is 16.5. The summed E-state index contributed by atoms with van der Waals surface area (Å²) in [6, 6.07) is 0. The highest BCUT2D eigenvalue weighted by Gasteiger charge is 2.49. The van der Waals surface area contributed by atoms with E-state index in [1.54, 1.807) is 6.92 Å². The van der Waals surface area contributed by atoms with Crippen molar-refractivity contribution >= 4 is 11.8 Å². The summed E-state index contributed by atoms with van der Waals surface area (Å²) in [6.07, 6.45) is 3.11. The molecule has 1 aliphatic carbocycles. The summed E-state index contributed by atoms with van der Waals surface area (Å²) >= 11 is 0. The minimum Gasteiger partial charge on any atom is -0.466 e. The van der Waals surface area contributed by atoms with Crippen molar-refractivity contribution in [2.24, 2.45) is 5.92 Å². The van der Waals surface area contributed by atoms with E-state index in [9.17, 15) is 9.59 Å². The fourth-order valence-electron chi connectivity index (χ4n) is 2.83. The van der Waals surface area contributed by atoms with Gasteiger partial charge >= 0.3 is 5.97 Å². The van der Waals surface area contributed by atoms with Crippen molar-refractivity contribution in [2.45, 2.75) is 44.6 Å². The summed E-state index contributed by atoms with van der Waals surface area (Å²) in [4.78, 5) is 22.8. The molecule has 2 atom stereocenters. The van der Waals surface area contributed by atoms with E-state index in [-0.39, 0.29) is 23.3 Å². The zero-order valence-corrected chi connectivity index (χ0v) is 9.66. The van der Waals surface area contributed by atoms with Crippen LogP contribution in [0.2, 0.25) is 0 Å². The molecule has 1 aliphatic heterocycles. The lowest BCUT2D eigenvalue weighted by atomic mass is 9.83. The predicted octanol–water partition coefficient (Wildman–Crippen LogP) is 1.47. The van der Waals surface area contributed by atoms with Gasteiger partial charge in [-0.1, -0.05) is 0 Å². The fraction of sp³-hybridized carbons (Fsp3) is 0.833. The maximum atomic E-state index is 11.5. The van der Waals surface area contributed by atoms with Gasteiger partial charge in [-0.25, -0.2) is 0 Å². The van der Waals surface area contributed by atoms with E-state index in [2.05, 4.69) is 0 Å². The molecule has 2 unspecified atom stereocenters. The zero-order chi connectivity index (χ0) is 11.6. The lowest BCUT2D eigenvalue weighted by molar-refractivity contribution is -0.146. The first-order valence-electron chi connectivity index (χ1n) is 5.97. The minimum absolute atomic E-state index is 0.165. The van der Waals surface area contributed by atoms with Crippen LogP contribution in [0.1, 0.15) is 39.0 Å². The highest BCUT2D eigenvalue weighted by Crippen LogP contribution is 2.45. The van der Waals surface area contributed by atoms with Crippen LogP contribution in [0.3, 0.4) is 0 Å². The minimum atomic E-state index is -0.343. The van der Waals surface area contributed by atoms with Crippen LogP contribution in [0.5, 0.6) is 0 Å². The van der Waals surface area contributed by atoms with Crippen LogP contribution in [0.25, 0.3) is 0 Å². The van der Waals surface area contributed by atoms with E-state index in [1.807, 2.05) is 0 Å². The summed E-state index contributed by atoms with van der Waals surface area (Å²) < 4.78 is 10.7. The van der Waals surface area contributed by atoms with E-state index in [0.29, 0.717) is 32.5 Å². The molecule has 0 aromatic rings. The molecule has 4 heteroatoms. The van der Waals surface area contributed by atoms with Gasteiger partial charge in [-0.05, 0) is 19.8 Å². The second-order valence-electron chi connectivity index (χ2n) is 4.62. The Labute approximate surface area is 95.3 Å². The van der Waals surface area contributed by atoms with Crippen molar-refractivity contribution in [3.05, 3.63) is 0 Å². The first-order chi connectivity index (χ1) is 7.66. The molecule has 1 spiro atoms. The first-order valence-corrected chi connectivity index (χ1v) is 5.97. The Balaban J connectivity index is 1.98. The Bertz CT molecular complexity index is 299. The number of ketones is 1. The monoisotopic (exact) mass is 226 g/mol. The molecule has 2 aliphatic rings. The van der Waals surface area contributed by atoms with Gasteiger partial charge < -0.3 is 9.47 Å². The van der Waals surface area contributed by atoms with Crippen LogP contribution in [0.15, 0.2) is 0 Å². The molecule has 0 radical (unpaired) electrons. The van der Waals surface area contributed by atoms with Crippen LogP contribution in [0.4, 0.5) is 0 Å². The third kappa shape index (κ3) is 2.12. The molecule has 2 fully saturated rings. The van der Waals surface area contributed by atoms with Gasteiger partial charge in [-0.15, -0.1) is 0 Å². The van der Waals surface area contributed by atoms with Crippen LogP contribution in [0, 0.1) is 5.92 Å². The average Bonchev–Trinajstić information content (AvgIpc) is 2.77. The second-order valence-corrected chi connectivity index (χ2v) is 4.62. The van der Waals surface area contributed by atoms with Crippen molar-refractivity contribution in [1.29, 1.82) is 0 Å². The van der Waals surface area contributed by atoms with E-state index in [4.69, 9.17) is 9.47 Å². The summed E-state index contributed by atoms with van der Waals surface area (Å²) in [5.41, 5.74) is -0.343. The Kier molecular flexibility index (Phi) is 3.28. The summed E-state index contributed by atoms with van der Waals surface area (Å²) in [6.45, 7) is 2.88. The molecule has 0 aromatic heterocycles. The largest absolute Gasteiger partial charge is 0.466 e. The van der Waals surface area contributed by atoms with Crippen LogP contribution in [-0.4, -0.2) is 30.6 Å². The zero-order valence-electron chi connectivity index (χ0n) is 9.66. The molecule has 4 nitrogen and oxygen atoms in total. The normalized spacial score (nSPS) is 33.6. The van der Waals surface area contributed by atoms with Gasteiger partial charge in [0.15, 0.2) is 0 Å². The van der Waals surface area contributed by atoms with Crippen molar-refractivity contribution in [1.82, 2.24) is 0 Å². The summed E-state index contributed by atoms with van der Waals surface area (Å²) in [5, 5.41) is 0. The molecule has 1 saturated heterocycles. The van der Waals surface area contributed by atoms with Crippen LogP contribution in [-0.2, 0) is 19.1 Å². The quantitative estimate of drug-likeness (QED) is 0.684. The molecule has 0 N–H and O–H groups in total. The number of hydrogen-bond donors (Lipinski definition) is 0. The van der Waals surface area contributed by atoms with Gasteiger partial charge in [0, 0.05) is 25.4 Å². The van der Waals surface area contributed by atoms with E-state index in [1.165, 1.54) is 0 Å². The number of ether oxygens (including phenoxy) is 2. The highest BCUT2D eigenvalue weighted by molar-refractivity contribution is 5.82. The average molecular weight is 226 g/mol. The molecular weight excluding hydrogens is 208 g/mol. The van der Waals surface area contributed by atoms with Gasteiger partial charge in [0.05, 0.1) is 18.6 Å². The van der Waals surface area contributed by atoms with Gasteiger partial charge in [0.25, 0.3) is 0 Å². The number of rotatable bonds is 3. The third-order valence-electron chi connectivity index (χ3n) is 3.64. The number of carbonyl (C=O) groups is 2. The molecule has 2 rings (SSSR count). The number of Topliss-reactive ketones (excluding diaryl/α,β-unsaturated/α-hetero) is 1. The molecule has 1 saturated carbocycles. The summed E-state index contributed by atoms with van der Waals surface area (Å²) in [7, 11) is 0. The molecular formula is C12H18O4. The van der Waals surface area contributed by atoms with Crippen molar-refractivity contribution in [2.75, 3.05) is 13.2 Å². The Morgan fingerprint density at radius 3 is 3.06 bits per heavy atom. The third-order valence-corrected chi connectivity index (χ3v) is 3.64. The maximum absolute atomic E-state index is 11.5. The number of carbonyl (C=O) groups excluding carboxylic acids is 2. The van der Waals surface area contributed by atoms with Gasteiger partial charge in [0.1, 0.15) is 5.78 Å². The topological polar surface area (TPSA) is 52.6 Å². The van der Waals surface area contributed by atoms with Crippen LogP contribution >= 0.6 is 0 Å². The van der Waals surface area contributed by atoms with Crippen molar-refractivity contribution < 1.29 is 19.1 Å². The van der Waals surface area contributed by atoms with E-state index in [0.717, 1.165) is 12.8 Å². The Hall–Kier alpha value is -0.900. The van der Waals surface area contributed by atoms with Crippen molar-refractivity contribution in [3.8, 4) is 0 Å². The van der Waals surface area contributed by atoms with E-state index >= 15 is 0 Å². The molecule has 0 aromatic carbocycles. The van der Waals surface area contributed by atoms with Gasteiger partial charge in [0.2, 0.25) is 0 Å². The molecule has 1 heterocycles. The standard InChI is InChI=1S/C12H18O4/c1-2-15-11(14)7-9-4-6-16-12(9)5-3-10(13)8-12/h9H,2-8H2,1H3. The number of esters is 1. The fourth-order valence-corrected chi connectivity index (χ4v) is 2.83. The van der Waals surface area contributed by atoms with Gasteiger partial charge in [-0.2, -0.15) is 0 Å². The predicted molar refractivity (Wildman–Crippen MR) is 56.9 cm³/mol. The number of hydrogen-bond acceptors (Lipinski definition) is 4. The second kappa shape index (κ2) is 4.53. The molecule has 90 valence electrons. The van der Waals surface area contributed by atoms with E-state index < -0.39 is 0 Å².